The number of benzene rings is 1. The summed E-state index contributed by atoms with van der Waals surface area (Å²) in [7, 11) is -1.52. The molecule has 1 aliphatic rings. The van der Waals surface area contributed by atoms with Crippen molar-refractivity contribution in [3.8, 4) is 0 Å². The second kappa shape index (κ2) is 8.54. The fourth-order valence-corrected chi connectivity index (χ4v) is 5.70. The van der Waals surface area contributed by atoms with Crippen LogP contribution in [0, 0.1) is 0 Å². The van der Waals surface area contributed by atoms with E-state index in [4.69, 9.17) is 0 Å². The van der Waals surface area contributed by atoms with Gasteiger partial charge < -0.3 is 9.32 Å². The number of thiazole rings is 1. The number of fused-ring (bicyclic) bond motifs is 1. The zero-order valence-corrected chi connectivity index (χ0v) is 19.1. The maximum Gasteiger partial charge on any atom is 0.164 e. The highest BCUT2D eigenvalue weighted by atomic mass is 32.2. The Morgan fingerprint density at radius 1 is 1.38 bits per heavy atom. The highest BCUT2D eigenvalue weighted by molar-refractivity contribution is 7.86. The Morgan fingerprint density at radius 2 is 2.10 bits per heavy atom. The molecule has 6 heteroatoms. The molecule has 4 nitrogen and oxygen atoms in total. The summed E-state index contributed by atoms with van der Waals surface area (Å²) in [6.07, 6.45) is 5.00. The highest BCUT2D eigenvalue weighted by Gasteiger charge is 2.21. The highest BCUT2D eigenvalue weighted by Crippen LogP contribution is 2.32. The van der Waals surface area contributed by atoms with Crippen LogP contribution in [0.3, 0.4) is 0 Å². The molecule has 2 aromatic rings. The number of Topliss-reactive ketones (excluding diaryl/α,β-unsaturated/α-hetero) is 1. The minimum absolute atomic E-state index is 0.104. The van der Waals surface area contributed by atoms with E-state index < -0.39 is 16.0 Å². The van der Waals surface area contributed by atoms with Gasteiger partial charge in [0.25, 0.3) is 0 Å². The maximum atomic E-state index is 12.9. The molecule has 1 N–H and O–H groups in total. The molecule has 156 valence electrons. The van der Waals surface area contributed by atoms with Crippen LogP contribution in [0.1, 0.15) is 67.3 Å². The molecule has 0 radical (unpaired) electrons. The molecular formula is C23H28NO3S2-. The summed E-state index contributed by atoms with van der Waals surface area (Å²) in [6.45, 7) is 11.4. The Hall–Kier alpha value is -1.76. The smallest absolute Gasteiger partial charge is 0.164 e. The molecule has 29 heavy (non-hydrogen) atoms. The zero-order chi connectivity index (χ0) is 21.3. The Morgan fingerprint density at radius 3 is 2.72 bits per heavy atom. The van der Waals surface area contributed by atoms with Gasteiger partial charge in [0.05, 0.1) is 0 Å². The fourth-order valence-electron chi connectivity index (χ4n) is 3.67. The molecule has 0 amide bonds. The number of aliphatic hydroxyl groups is 1. The van der Waals surface area contributed by atoms with Gasteiger partial charge in [0.2, 0.25) is 0 Å². The number of ketones is 1. The zero-order valence-electron chi connectivity index (χ0n) is 17.4. The maximum absolute atomic E-state index is 12.9. The molecule has 1 aromatic heterocycles. The number of carbonyl (C=O) groups excluding carboxylic acids is 1. The van der Waals surface area contributed by atoms with E-state index >= 15 is 0 Å². The first kappa shape index (κ1) is 21.9. The lowest BCUT2D eigenvalue weighted by Gasteiger charge is -2.17. The van der Waals surface area contributed by atoms with Gasteiger partial charge in [0.1, 0.15) is 10.6 Å². The van der Waals surface area contributed by atoms with Gasteiger partial charge in [-0.1, -0.05) is 32.6 Å². The van der Waals surface area contributed by atoms with E-state index in [-0.39, 0.29) is 11.4 Å². The molecule has 0 bridgehead atoms. The molecule has 1 aromatic carbocycles. The van der Waals surface area contributed by atoms with Crippen molar-refractivity contribution in [3.05, 3.63) is 57.7 Å². The van der Waals surface area contributed by atoms with Gasteiger partial charge >= 0.3 is 0 Å². The second-order valence-electron chi connectivity index (χ2n) is 8.36. The predicted molar refractivity (Wildman–Crippen MR) is 120 cm³/mol. The van der Waals surface area contributed by atoms with Gasteiger partial charge in [-0.2, -0.15) is 0 Å². The van der Waals surface area contributed by atoms with Crippen molar-refractivity contribution in [2.45, 2.75) is 69.1 Å². The molecule has 0 aliphatic heterocycles. The summed E-state index contributed by atoms with van der Waals surface area (Å²) in [6, 6.07) is 4.35. The second-order valence-corrected chi connectivity index (χ2v) is 10.9. The largest absolute Gasteiger partial charge is 0.456 e. The first-order valence-electron chi connectivity index (χ1n) is 9.87. The third-order valence-electron chi connectivity index (χ3n) is 5.21. The monoisotopic (exact) mass is 430 g/mol. The lowest BCUT2D eigenvalue weighted by molar-refractivity contribution is -0.114. The predicted octanol–water partition coefficient (Wildman–Crippen LogP) is 4.48. The Labute approximate surface area is 178 Å². The van der Waals surface area contributed by atoms with Crippen LogP contribution in [-0.4, -0.2) is 21.2 Å². The number of rotatable bonds is 7. The van der Waals surface area contributed by atoms with Crippen LogP contribution in [0.5, 0.6) is 0 Å². The van der Waals surface area contributed by atoms with Crippen molar-refractivity contribution < 1.29 is 14.1 Å². The number of aromatic nitrogens is 1. The third-order valence-corrected chi connectivity index (χ3v) is 8.06. The van der Waals surface area contributed by atoms with Gasteiger partial charge in [-0.25, -0.2) is 15.4 Å². The van der Waals surface area contributed by atoms with Gasteiger partial charge in [-0.3, -0.25) is 4.79 Å². The average molecular weight is 431 g/mol. The van der Waals surface area contributed by atoms with Crippen LogP contribution in [0.4, 0.5) is 0 Å². The number of hydrogen-bond donors (Lipinski definition) is 1. The normalized spacial score (nSPS) is 15.0. The number of allylic oxidation sites excluding steroid dienone is 1. The molecule has 0 unspecified atom stereocenters. The van der Waals surface area contributed by atoms with Crippen molar-refractivity contribution in [1.29, 1.82) is 0 Å². The Balaban J connectivity index is 1.82. The SMILES string of the molecule is C=C(C=[S-](=O)c1cnc(C(C)(C)O)s1)C(=O)Cc1c(C(C)C)ccc2c1CCC2. The quantitative estimate of drug-likeness (QED) is 0.400. The topological polar surface area (TPSA) is 67.3 Å². The minimum Gasteiger partial charge on any atom is -0.456 e. The van der Waals surface area contributed by atoms with Crippen molar-refractivity contribution >= 4 is 32.9 Å². The van der Waals surface area contributed by atoms with E-state index in [2.05, 4.69) is 37.5 Å². The van der Waals surface area contributed by atoms with Crippen LogP contribution >= 0.6 is 11.3 Å². The molecule has 0 atom stereocenters. The summed E-state index contributed by atoms with van der Waals surface area (Å²) in [4.78, 5) is 17.0. The first-order chi connectivity index (χ1) is 13.6. The summed E-state index contributed by atoms with van der Waals surface area (Å²) in [5.74, 6) is 0.236. The van der Waals surface area contributed by atoms with Crippen molar-refractivity contribution in [2.75, 3.05) is 0 Å². The fraction of sp³-hybridized carbons (Fsp3) is 0.435. The van der Waals surface area contributed by atoms with Gasteiger partial charge in [-0.05, 0) is 71.1 Å². The average Bonchev–Trinajstić information content (AvgIpc) is 3.30. The van der Waals surface area contributed by atoms with Crippen molar-refractivity contribution in [1.82, 2.24) is 4.98 Å². The van der Waals surface area contributed by atoms with Crippen molar-refractivity contribution in [2.24, 2.45) is 0 Å². The molecule has 0 fully saturated rings. The number of carbonyl (C=O) groups is 1. The van der Waals surface area contributed by atoms with Crippen LogP contribution in [0.15, 0.2) is 34.7 Å². The lowest BCUT2D eigenvalue weighted by atomic mass is 9.88. The molecule has 0 saturated carbocycles. The van der Waals surface area contributed by atoms with E-state index in [1.165, 1.54) is 39.6 Å². The Bertz CT molecular complexity index is 1030. The van der Waals surface area contributed by atoms with Gasteiger partial charge in [0, 0.05) is 12.6 Å². The van der Waals surface area contributed by atoms with E-state index in [0.29, 0.717) is 21.6 Å². The standard InChI is InChI=1S/C23H28NO3S2/c1-14(2)17-10-9-16-7-6-8-18(16)19(17)11-20(25)15(3)13-29(27)21-12-24-22(28-21)23(4,5)26/h9-10,12-14,26H,3,6-8,11H2,1-2,4-5H3/q-1. The van der Waals surface area contributed by atoms with Crippen LogP contribution in [0.2, 0.25) is 0 Å². The van der Waals surface area contributed by atoms with E-state index in [9.17, 15) is 14.1 Å². The molecule has 3 rings (SSSR count). The molecule has 1 aliphatic carbocycles. The number of nitrogens with zero attached hydrogens (tertiary/aromatic N) is 1. The number of aryl methyl sites for hydroxylation is 1. The molecule has 1 heterocycles. The summed E-state index contributed by atoms with van der Waals surface area (Å²) in [5.41, 5.74) is 4.18. The van der Waals surface area contributed by atoms with E-state index in [1.54, 1.807) is 13.8 Å². The number of hydrogen-bond acceptors (Lipinski definition) is 6. The third kappa shape index (κ3) is 4.87. The Kier molecular flexibility index (Phi) is 6.46. The minimum atomic E-state index is -1.52. The molecule has 0 spiro atoms. The summed E-state index contributed by atoms with van der Waals surface area (Å²) < 4.78 is 13.1. The molecule has 0 saturated heterocycles. The van der Waals surface area contributed by atoms with Crippen LogP contribution < -0.4 is 0 Å². The molecular weight excluding hydrogens is 402 g/mol. The summed E-state index contributed by atoms with van der Waals surface area (Å²) >= 11 is 1.18. The van der Waals surface area contributed by atoms with Crippen LogP contribution in [-0.2, 0) is 44.3 Å². The van der Waals surface area contributed by atoms with Gasteiger partial charge in [-0.15, -0.1) is 16.7 Å². The van der Waals surface area contributed by atoms with Gasteiger partial charge in [0.15, 0.2) is 5.78 Å². The summed E-state index contributed by atoms with van der Waals surface area (Å²) in [5, 5.41) is 11.9. The first-order valence-corrected chi connectivity index (χ1v) is 11.9. The van der Waals surface area contributed by atoms with Crippen LogP contribution in [0.25, 0.3) is 0 Å². The lowest BCUT2D eigenvalue weighted by Crippen LogP contribution is -2.14. The van der Waals surface area contributed by atoms with E-state index in [1.807, 2.05) is 0 Å². The van der Waals surface area contributed by atoms with Crippen molar-refractivity contribution in [3.63, 3.8) is 0 Å². The van der Waals surface area contributed by atoms with E-state index in [0.717, 1.165) is 24.8 Å².